The van der Waals surface area contributed by atoms with E-state index in [1.165, 1.54) is 5.56 Å². The minimum absolute atomic E-state index is 0.0556. The van der Waals surface area contributed by atoms with Crippen LogP contribution in [0.25, 0.3) is 0 Å². The molecule has 1 amide bonds. The fourth-order valence-electron chi connectivity index (χ4n) is 1.70. The molecule has 1 aromatic rings. The van der Waals surface area contributed by atoms with Gasteiger partial charge in [-0.1, -0.05) is 49.6 Å². The molecule has 1 unspecified atom stereocenters. The number of nitrogens with two attached hydrogens (primary N) is 1. The van der Waals surface area contributed by atoms with E-state index in [0.29, 0.717) is 6.54 Å². The molecule has 0 bridgehead atoms. The maximum absolute atomic E-state index is 11.7. The second-order valence-corrected chi connectivity index (χ2v) is 4.46. The molecule has 0 radical (unpaired) electrons. The van der Waals surface area contributed by atoms with Crippen molar-refractivity contribution in [3.63, 3.8) is 0 Å². The second kappa shape index (κ2) is 7.07. The van der Waals surface area contributed by atoms with E-state index in [-0.39, 0.29) is 11.9 Å². The van der Waals surface area contributed by atoms with Gasteiger partial charge in [0.1, 0.15) is 0 Å². The lowest BCUT2D eigenvalue weighted by Gasteiger charge is -2.11. The third-order valence-electron chi connectivity index (χ3n) is 2.75. The van der Waals surface area contributed by atoms with Crippen LogP contribution in [-0.4, -0.2) is 11.9 Å². The Kier molecular flexibility index (Phi) is 5.70. The highest BCUT2D eigenvalue weighted by Gasteiger charge is 2.11. The van der Waals surface area contributed by atoms with Gasteiger partial charge in [-0.25, -0.2) is 0 Å². The van der Waals surface area contributed by atoms with E-state index >= 15 is 0 Å². The van der Waals surface area contributed by atoms with Gasteiger partial charge < -0.3 is 11.1 Å². The summed E-state index contributed by atoms with van der Waals surface area (Å²) in [5, 5.41) is 2.87. The Hall–Kier alpha value is -1.35. The van der Waals surface area contributed by atoms with Crippen molar-refractivity contribution < 1.29 is 4.79 Å². The largest absolute Gasteiger partial charge is 0.351 e. The van der Waals surface area contributed by atoms with Gasteiger partial charge in [-0.3, -0.25) is 4.79 Å². The smallest absolute Gasteiger partial charge is 0.237 e. The van der Waals surface area contributed by atoms with Gasteiger partial charge in [0.05, 0.1) is 6.04 Å². The van der Waals surface area contributed by atoms with Crippen LogP contribution >= 0.6 is 0 Å². The highest BCUT2D eigenvalue weighted by molar-refractivity contribution is 5.81. The van der Waals surface area contributed by atoms with Gasteiger partial charge in [0.2, 0.25) is 5.91 Å². The average molecular weight is 234 g/mol. The summed E-state index contributed by atoms with van der Waals surface area (Å²) in [6.07, 6.45) is 2.83. The van der Waals surface area contributed by atoms with Crippen molar-refractivity contribution >= 4 is 5.91 Å². The van der Waals surface area contributed by atoms with Gasteiger partial charge >= 0.3 is 0 Å². The molecule has 0 fully saturated rings. The predicted octanol–water partition coefficient (Wildman–Crippen LogP) is 2.13. The number of rotatable bonds is 6. The van der Waals surface area contributed by atoms with Crippen molar-refractivity contribution in [2.24, 2.45) is 5.73 Å². The highest BCUT2D eigenvalue weighted by Crippen LogP contribution is 2.04. The number of benzene rings is 1. The number of aryl methyl sites for hydroxylation is 1. The van der Waals surface area contributed by atoms with Gasteiger partial charge in [-0.15, -0.1) is 0 Å². The molecule has 0 aliphatic carbocycles. The van der Waals surface area contributed by atoms with Crippen LogP contribution in [0.1, 0.15) is 37.3 Å². The van der Waals surface area contributed by atoms with Crippen molar-refractivity contribution in [1.29, 1.82) is 0 Å². The Balaban J connectivity index is 2.37. The normalized spacial score (nSPS) is 12.2. The third kappa shape index (κ3) is 5.00. The zero-order valence-electron chi connectivity index (χ0n) is 10.7. The molecular weight excluding hydrogens is 212 g/mol. The molecule has 94 valence electrons. The summed E-state index contributed by atoms with van der Waals surface area (Å²) >= 11 is 0. The maximum Gasteiger partial charge on any atom is 0.237 e. The van der Waals surface area contributed by atoms with E-state index in [9.17, 15) is 4.79 Å². The third-order valence-corrected chi connectivity index (χ3v) is 2.75. The van der Waals surface area contributed by atoms with E-state index in [2.05, 4.69) is 18.3 Å². The number of nitrogens with one attached hydrogen (secondary N) is 1. The summed E-state index contributed by atoms with van der Waals surface area (Å²) in [6.45, 7) is 4.69. The molecule has 0 aromatic heterocycles. The van der Waals surface area contributed by atoms with Gasteiger partial charge in [-0.05, 0) is 18.9 Å². The first-order valence-electron chi connectivity index (χ1n) is 6.22. The molecule has 3 nitrogen and oxygen atoms in total. The number of amides is 1. The molecule has 0 heterocycles. The fraction of sp³-hybridized carbons (Fsp3) is 0.500. The summed E-state index contributed by atoms with van der Waals surface area (Å²) in [5.74, 6) is -0.0556. The molecule has 0 saturated heterocycles. The lowest BCUT2D eigenvalue weighted by molar-refractivity contribution is -0.122. The van der Waals surface area contributed by atoms with E-state index in [1.807, 2.05) is 25.1 Å². The molecule has 1 atom stereocenters. The Morgan fingerprint density at radius 1 is 1.47 bits per heavy atom. The van der Waals surface area contributed by atoms with Crippen LogP contribution in [-0.2, 0) is 11.3 Å². The zero-order valence-corrected chi connectivity index (χ0v) is 10.7. The summed E-state index contributed by atoms with van der Waals surface area (Å²) < 4.78 is 0. The van der Waals surface area contributed by atoms with Crippen LogP contribution in [0.2, 0.25) is 0 Å². The monoisotopic (exact) mass is 234 g/mol. The topological polar surface area (TPSA) is 55.1 Å². The van der Waals surface area contributed by atoms with Gasteiger partial charge in [-0.2, -0.15) is 0 Å². The van der Waals surface area contributed by atoms with E-state index < -0.39 is 0 Å². The lowest BCUT2D eigenvalue weighted by atomic mass is 10.1. The highest BCUT2D eigenvalue weighted by atomic mass is 16.2. The number of carbonyl (C=O) groups is 1. The van der Waals surface area contributed by atoms with Gasteiger partial charge in [0, 0.05) is 6.54 Å². The quantitative estimate of drug-likeness (QED) is 0.792. The van der Waals surface area contributed by atoms with E-state index in [0.717, 1.165) is 24.8 Å². The van der Waals surface area contributed by atoms with Crippen LogP contribution < -0.4 is 11.1 Å². The first-order chi connectivity index (χ1) is 8.13. The summed E-state index contributed by atoms with van der Waals surface area (Å²) in [5.41, 5.74) is 8.10. The average Bonchev–Trinajstić information content (AvgIpc) is 2.33. The molecule has 1 aromatic carbocycles. The Bertz CT molecular complexity index is 363. The van der Waals surface area contributed by atoms with Gasteiger partial charge in [0.15, 0.2) is 0 Å². The predicted molar refractivity (Wildman–Crippen MR) is 70.5 cm³/mol. The summed E-state index contributed by atoms with van der Waals surface area (Å²) in [4.78, 5) is 11.7. The molecule has 3 heteroatoms. The van der Waals surface area contributed by atoms with Crippen molar-refractivity contribution in [1.82, 2.24) is 5.32 Å². The van der Waals surface area contributed by atoms with Crippen LogP contribution in [0.3, 0.4) is 0 Å². The first-order valence-corrected chi connectivity index (χ1v) is 6.22. The van der Waals surface area contributed by atoms with Crippen molar-refractivity contribution in [3.05, 3.63) is 35.4 Å². The van der Waals surface area contributed by atoms with Crippen LogP contribution in [0, 0.1) is 6.92 Å². The van der Waals surface area contributed by atoms with E-state index in [4.69, 9.17) is 5.73 Å². The molecule has 0 spiro atoms. The lowest BCUT2D eigenvalue weighted by Crippen LogP contribution is -2.40. The van der Waals surface area contributed by atoms with Crippen LogP contribution in [0.5, 0.6) is 0 Å². The number of unbranched alkanes of at least 4 members (excludes halogenated alkanes) is 1. The minimum Gasteiger partial charge on any atom is -0.351 e. The molecule has 0 aliphatic rings. The van der Waals surface area contributed by atoms with Crippen molar-refractivity contribution in [3.8, 4) is 0 Å². The summed E-state index contributed by atoms with van der Waals surface area (Å²) in [7, 11) is 0. The Labute approximate surface area is 103 Å². The number of hydrogen-bond donors (Lipinski definition) is 2. The van der Waals surface area contributed by atoms with Crippen molar-refractivity contribution in [2.75, 3.05) is 0 Å². The first kappa shape index (κ1) is 13.7. The molecule has 0 aliphatic heterocycles. The molecular formula is C14H22N2O. The second-order valence-electron chi connectivity index (χ2n) is 4.46. The van der Waals surface area contributed by atoms with Crippen molar-refractivity contribution in [2.45, 2.75) is 45.7 Å². The summed E-state index contributed by atoms with van der Waals surface area (Å²) in [6, 6.07) is 7.73. The minimum atomic E-state index is -0.375. The molecule has 1 rings (SSSR count). The fourth-order valence-corrected chi connectivity index (χ4v) is 1.70. The number of hydrogen-bond acceptors (Lipinski definition) is 2. The van der Waals surface area contributed by atoms with Crippen LogP contribution in [0.4, 0.5) is 0 Å². The van der Waals surface area contributed by atoms with Crippen LogP contribution in [0.15, 0.2) is 24.3 Å². The van der Waals surface area contributed by atoms with E-state index in [1.54, 1.807) is 0 Å². The maximum atomic E-state index is 11.7. The standard InChI is InChI=1S/C14H22N2O/c1-3-4-8-13(15)14(17)16-10-12-7-5-6-11(2)9-12/h5-7,9,13H,3-4,8,10,15H2,1-2H3,(H,16,17). The SMILES string of the molecule is CCCCC(N)C(=O)NCc1cccc(C)c1. The Morgan fingerprint density at radius 3 is 2.88 bits per heavy atom. The molecule has 3 N–H and O–H groups in total. The Morgan fingerprint density at radius 2 is 2.24 bits per heavy atom. The van der Waals surface area contributed by atoms with Gasteiger partial charge in [0.25, 0.3) is 0 Å². The molecule has 17 heavy (non-hydrogen) atoms. The zero-order chi connectivity index (χ0) is 12.7. The number of carbonyl (C=O) groups excluding carboxylic acids is 1. The molecule has 0 saturated carbocycles.